The molecule has 0 aliphatic carbocycles. The van der Waals surface area contributed by atoms with Crippen molar-refractivity contribution in [1.82, 2.24) is 5.32 Å². The second-order valence-corrected chi connectivity index (χ2v) is 5.81. The van der Waals surface area contributed by atoms with E-state index in [9.17, 15) is 18.0 Å². The first kappa shape index (κ1) is 19.6. The summed E-state index contributed by atoms with van der Waals surface area (Å²) in [5.41, 5.74) is 2.59. The lowest BCUT2D eigenvalue weighted by Gasteiger charge is -2.10. The number of carbonyl (C=O) groups excluding carboxylic acids is 1. The van der Waals surface area contributed by atoms with E-state index in [-0.39, 0.29) is 24.6 Å². The molecule has 0 fully saturated rings. The molecule has 0 radical (unpaired) electrons. The molecule has 7 heteroatoms. The van der Waals surface area contributed by atoms with E-state index in [1.807, 2.05) is 25.1 Å². The summed E-state index contributed by atoms with van der Waals surface area (Å²) in [4.78, 5) is 12.0. The summed E-state index contributed by atoms with van der Waals surface area (Å²) in [6, 6.07) is 11.7. The highest BCUT2D eigenvalue weighted by Gasteiger charge is 2.28. The van der Waals surface area contributed by atoms with Crippen LogP contribution in [-0.2, 0) is 17.8 Å². The smallest absolute Gasteiger partial charge is 0.422 e. The molecule has 0 aromatic heterocycles. The third kappa shape index (κ3) is 6.31. The third-order valence-corrected chi connectivity index (χ3v) is 3.65. The highest BCUT2D eigenvalue weighted by molar-refractivity contribution is 5.78. The van der Waals surface area contributed by atoms with E-state index in [4.69, 9.17) is 4.74 Å². The fourth-order valence-electron chi connectivity index (χ4n) is 2.29. The van der Waals surface area contributed by atoms with Crippen molar-refractivity contribution in [3.8, 4) is 11.5 Å². The summed E-state index contributed by atoms with van der Waals surface area (Å²) in [5, 5.41) is 2.77. The first-order chi connectivity index (χ1) is 12.3. The molecule has 0 bridgehead atoms. The van der Waals surface area contributed by atoms with Gasteiger partial charge in [-0.1, -0.05) is 24.3 Å². The number of hydrogen-bond donors (Lipinski definition) is 1. The molecular weight excluding hydrogens is 347 g/mol. The first-order valence-corrected chi connectivity index (χ1v) is 7.95. The summed E-state index contributed by atoms with van der Waals surface area (Å²) in [6.07, 6.45) is -4.16. The standard InChI is InChI=1S/C19H20F3NO3/c1-13-3-4-15(9-17(13)25-2)10-18(24)23-11-14-5-7-16(8-6-14)26-12-19(20,21)22/h3-9H,10-12H2,1-2H3,(H,23,24). The molecule has 2 aromatic rings. The molecular formula is C19H20F3NO3. The van der Waals surface area contributed by atoms with Gasteiger partial charge >= 0.3 is 6.18 Å². The van der Waals surface area contributed by atoms with Crippen molar-refractivity contribution in [2.45, 2.75) is 26.1 Å². The van der Waals surface area contributed by atoms with Crippen LogP contribution in [0.3, 0.4) is 0 Å². The topological polar surface area (TPSA) is 47.6 Å². The molecule has 1 amide bonds. The minimum Gasteiger partial charge on any atom is -0.496 e. The normalized spacial score (nSPS) is 11.1. The Balaban J connectivity index is 1.83. The lowest BCUT2D eigenvalue weighted by molar-refractivity contribution is -0.153. The van der Waals surface area contributed by atoms with Gasteiger partial charge < -0.3 is 14.8 Å². The molecule has 0 aliphatic heterocycles. The summed E-state index contributed by atoms with van der Waals surface area (Å²) >= 11 is 0. The third-order valence-electron chi connectivity index (χ3n) is 3.65. The van der Waals surface area contributed by atoms with Crippen LogP contribution in [0.4, 0.5) is 13.2 Å². The predicted molar refractivity (Wildman–Crippen MR) is 91.3 cm³/mol. The van der Waals surface area contributed by atoms with Gasteiger partial charge in [-0.3, -0.25) is 4.79 Å². The van der Waals surface area contributed by atoms with Gasteiger partial charge in [-0.2, -0.15) is 13.2 Å². The van der Waals surface area contributed by atoms with Crippen LogP contribution in [0.5, 0.6) is 11.5 Å². The Kier molecular flexibility index (Phi) is 6.49. The highest BCUT2D eigenvalue weighted by Crippen LogP contribution is 2.20. The molecule has 26 heavy (non-hydrogen) atoms. The number of rotatable bonds is 7. The summed E-state index contributed by atoms with van der Waals surface area (Å²) in [7, 11) is 1.58. The average molecular weight is 367 g/mol. The molecule has 0 saturated carbocycles. The fraction of sp³-hybridized carbons (Fsp3) is 0.316. The fourth-order valence-corrected chi connectivity index (χ4v) is 2.29. The van der Waals surface area contributed by atoms with Crippen molar-refractivity contribution in [1.29, 1.82) is 0 Å². The van der Waals surface area contributed by atoms with Crippen LogP contribution >= 0.6 is 0 Å². The molecule has 2 aromatic carbocycles. The first-order valence-electron chi connectivity index (χ1n) is 7.95. The lowest BCUT2D eigenvalue weighted by Crippen LogP contribution is -2.24. The van der Waals surface area contributed by atoms with Gasteiger partial charge in [-0.05, 0) is 41.8 Å². The largest absolute Gasteiger partial charge is 0.496 e. The molecule has 0 unspecified atom stereocenters. The molecule has 0 saturated heterocycles. The summed E-state index contributed by atoms with van der Waals surface area (Å²) in [6.45, 7) is 0.870. The highest BCUT2D eigenvalue weighted by atomic mass is 19.4. The van der Waals surface area contributed by atoms with E-state index in [0.29, 0.717) is 0 Å². The molecule has 0 spiro atoms. The van der Waals surface area contributed by atoms with Crippen LogP contribution in [0.2, 0.25) is 0 Å². The van der Waals surface area contributed by atoms with Gasteiger partial charge in [-0.25, -0.2) is 0 Å². The average Bonchev–Trinajstić information content (AvgIpc) is 2.60. The van der Waals surface area contributed by atoms with E-state index in [1.54, 1.807) is 19.2 Å². The minimum absolute atomic E-state index is 0.129. The maximum Gasteiger partial charge on any atom is 0.422 e. The SMILES string of the molecule is COc1cc(CC(=O)NCc2ccc(OCC(F)(F)F)cc2)ccc1C. The summed E-state index contributed by atoms with van der Waals surface area (Å²) < 4.78 is 46.2. The van der Waals surface area contributed by atoms with Crippen molar-refractivity contribution in [2.75, 3.05) is 13.7 Å². The van der Waals surface area contributed by atoms with Gasteiger partial charge in [0.1, 0.15) is 11.5 Å². The zero-order valence-corrected chi connectivity index (χ0v) is 14.5. The van der Waals surface area contributed by atoms with Gasteiger partial charge in [0.15, 0.2) is 6.61 Å². The van der Waals surface area contributed by atoms with Crippen LogP contribution in [-0.4, -0.2) is 25.8 Å². The van der Waals surface area contributed by atoms with E-state index in [2.05, 4.69) is 10.1 Å². The molecule has 4 nitrogen and oxygen atoms in total. The van der Waals surface area contributed by atoms with Gasteiger partial charge in [0.05, 0.1) is 13.5 Å². The Labute approximate surface area is 149 Å². The number of methoxy groups -OCH3 is 1. The number of halogens is 3. The predicted octanol–water partition coefficient (Wildman–Crippen LogP) is 3.80. The van der Waals surface area contributed by atoms with E-state index in [1.165, 1.54) is 12.1 Å². The maximum absolute atomic E-state index is 12.1. The Morgan fingerprint density at radius 2 is 1.73 bits per heavy atom. The Morgan fingerprint density at radius 1 is 1.08 bits per heavy atom. The number of carbonyl (C=O) groups is 1. The Morgan fingerprint density at radius 3 is 2.35 bits per heavy atom. The zero-order chi connectivity index (χ0) is 19.2. The number of alkyl halides is 3. The number of ether oxygens (including phenoxy) is 2. The lowest BCUT2D eigenvalue weighted by atomic mass is 10.1. The van der Waals surface area contributed by atoms with Crippen LogP contribution in [0.25, 0.3) is 0 Å². The number of amides is 1. The minimum atomic E-state index is -4.37. The molecule has 1 N–H and O–H groups in total. The van der Waals surface area contributed by atoms with Crippen LogP contribution in [0, 0.1) is 6.92 Å². The second kappa shape index (κ2) is 8.60. The quantitative estimate of drug-likeness (QED) is 0.810. The summed E-state index contributed by atoms with van der Waals surface area (Å²) in [5.74, 6) is 0.696. The van der Waals surface area contributed by atoms with E-state index in [0.717, 1.165) is 22.4 Å². The molecule has 0 aliphatic rings. The van der Waals surface area contributed by atoms with Crippen LogP contribution in [0.1, 0.15) is 16.7 Å². The van der Waals surface area contributed by atoms with Gasteiger partial charge in [0.2, 0.25) is 5.91 Å². The van der Waals surface area contributed by atoms with Crippen LogP contribution in [0.15, 0.2) is 42.5 Å². The molecule has 2 rings (SSSR count). The van der Waals surface area contributed by atoms with Crippen molar-refractivity contribution < 1.29 is 27.4 Å². The maximum atomic E-state index is 12.1. The van der Waals surface area contributed by atoms with Gasteiger partial charge in [0, 0.05) is 6.54 Å². The molecule has 140 valence electrons. The van der Waals surface area contributed by atoms with Crippen molar-refractivity contribution >= 4 is 5.91 Å². The van der Waals surface area contributed by atoms with Gasteiger partial charge in [-0.15, -0.1) is 0 Å². The number of aryl methyl sites for hydroxylation is 1. The zero-order valence-electron chi connectivity index (χ0n) is 14.5. The van der Waals surface area contributed by atoms with Crippen LogP contribution < -0.4 is 14.8 Å². The monoisotopic (exact) mass is 367 g/mol. The molecule has 0 heterocycles. The Hall–Kier alpha value is -2.70. The number of hydrogen-bond acceptors (Lipinski definition) is 3. The Bertz CT molecular complexity index is 743. The number of nitrogens with one attached hydrogen (secondary N) is 1. The van der Waals surface area contributed by atoms with Crippen molar-refractivity contribution in [3.05, 3.63) is 59.2 Å². The van der Waals surface area contributed by atoms with Gasteiger partial charge in [0.25, 0.3) is 0 Å². The molecule has 0 atom stereocenters. The van der Waals surface area contributed by atoms with Crippen molar-refractivity contribution in [3.63, 3.8) is 0 Å². The second-order valence-electron chi connectivity index (χ2n) is 5.81. The van der Waals surface area contributed by atoms with E-state index < -0.39 is 12.8 Å². The van der Waals surface area contributed by atoms with Crippen molar-refractivity contribution in [2.24, 2.45) is 0 Å². The number of benzene rings is 2. The van der Waals surface area contributed by atoms with E-state index >= 15 is 0 Å².